The van der Waals surface area contributed by atoms with Crippen LogP contribution in [0.4, 0.5) is 0 Å². The van der Waals surface area contributed by atoms with Crippen LogP contribution in [0.3, 0.4) is 0 Å². The minimum atomic E-state index is -2.27. The molecule has 1 amide bonds. The van der Waals surface area contributed by atoms with Crippen molar-refractivity contribution in [2.24, 2.45) is 23.3 Å². The Hall–Kier alpha value is -3.48. The van der Waals surface area contributed by atoms with E-state index >= 15 is 0 Å². The average molecular weight is 924 g/mol. The lowest BCUT2D eigenvalue weighted by atomic mass is 9.82. The lowest BCUT2D eigenvalue weighted by Crippen LogP contribution is -2.59. The van der Waals surface area contributed by atoms with E-state index in [4.69, 9.17) is 30.4 Å². The maximum absolute atomic E-state index is 13.3. The number of carbonyl (C=O) groups is 2. The van der Waals surface area contributed by atoms with Crippen molar-refractivity contribution in [2.75, 3.05) is 13.3 Å². The fourth-order valence-corrected chi connectivity index (χ4v) is 7.73. The van der Waals surface area contributed by atoms with Crippen molar-refractivity contribution >= 4 is 11.9 Å². The summed E-state index contributed by atoms with van der Waals surface area (Å²) < 4.78 is 23.1. The molecule has 0 radical (unpaired) electrons. The Labute approximate surface area is 380 Å². The quantitative estimate of drug-likeness (QED) is 0.119. The third kappa shape index (κ3) is 20.1. The number of ether oxygens (including phenoxy) is 4. The van der Waals surface area contributed by atoms with Gasteiger partial charge in [-0.1, -0.05) is 92.0 Å². The van der Waals surface area contributed by atoms with E-state index < -0.39 is 135 Å². The molecule has 0 aliphatic carbocycles. The van der Waals surface area contributed by atoms with Gasteiger partial charge in [-0.25, -0.2) is 0 Å². The zero-order chi connectivity index (χ0) is 48.1. The van der Waals surface area contributed by atoms with Gasteiger partial charge in [0.25, 0.3) is 0 Å². The van der Waals surface area contributed by atoms with Gasteiger partial charge in [-0.15, -0.1) is 0 Å². The molecule has 2 bridgehead atoms. The smallest absolute Gasteiger partial charge is 0.308 e. The summed E-state index contributed by atoms with van der Waals surface area (Å²) in [7, 11) is 0. The molecule has 0 aromatic heterocycles. The predicted octanol–water partition coefficient (Wildman–Crippen LogP) is -0.975. The van der Waals surface area contributed by atoms with Crippen LogP contribution in [0.15, 0.2) is 85.1 Å². The molecule has 0 aromatic carbocycles. The molecule has 19 heteroatoms. The Morgan fingerprint density at radius 3 is 1.94 bits per heavy atom. The van der Waals surface area contributed by atoms with Crippen LogP contribution in [0.2, 0.25) is 0 Å². The van der Waals surface area contributed by atoms with Crippen molar-refractivity contribution in [3.8, 4) is 0 Å². The summed E-state index contributed by atoms with van der Waals surface area (Å²) in [5.74, 6) is -5.26. The standard InChI is InChI=1S/C46H73N3O16/c1-28-15-13-11-9-7-5-3-4-6-8-10-12-14-16-33(64-45-43(59)42(48)38(57)26-62-45)23-39-41(44(60)49-27-47)37(56)25-46(61,65-39)24-32(52)21-36(55)34(53)18-17-30(50)20-31(51)22-40(58)63-29(2)19-35(28)54/h3-16,28-39,41-43,45,50-57,59,61H,17-27,47-48H2,1-2H3,(H,49,60)/b4-3+,7-5+,8-6+,11-9+,12-10+,15-13+,16-14+/t28-,29-,30?,31?,32?,33?,34?,35-,36?,37-,38+,39-,41?,42-,43-,45-,46?/m0/s1. The number of aliphatic hydroxyl groups is 10. The van der Waals surface area contributed by atoms with Gasteiger partial charge in [-0.3, -0.25) is 9.59 Å². The molecule has 2 saturated heterocycles. The second-order valence-electron chi connectivity index (χ2n) is 17.1. The number of cyclic esters (lactones) is 1. The number of amides is 1. The average Bonchev–Trinajstić information content (AvgIpc) is 3.21. The zero-order valence-corrected chi connectivity index (χ0v) is 37.2. The van der Waals surface area contributed by atoms with Crippen molar-refractivity contribution in [3.63, 3.8) is 0 Å². The van der Waals surface area contributed by atoms with E-state index in [-0.39, 0.29) is 51.3 Å². The molecular weight excluding hydrogens is 851 g/mol. The maximum Gasteiger partial charge on any atom is 0.308 e. The fourth-order valence-electron chi connectivity index (χ4n) is 7.73. The van der Waals surface area contributed by atoms with E-state index in [1.165, 1.54) is 0 Å². The minimum Gasteiger partial charge on any atom is -0.462 e. The van der Waals surface area contributed by atoms with Crippen molar-refractivity contribution in [2.45, 2.75) is 163 Å². The van der Waals surface area contributed by atoms with Crippen LogP contribution in [-0.2, 0) is 28.5 Å². The van der Waals surface area contributed by atoms with E-state index in [0.29, 0.717) is 0 Å². The van der Waals surface area contributed by atoms with Gasteiger partial charge in [0.2, 0.25) is 5.91 Å². The summed E-state index contributed by atoms with van der Waals surface area (Å²) in [5.41, 5.74) is 11.5. The zero-order valence-electron chi connectivity index (χ0n) is 37.2. The molecular formula is C46H73N3O16. The van der Waals surface area contributed by atoms with Gasteiger partial charge in [0.05, 0.1) is 92.7 Å². The van der Waals surface area contributed by atoms with Gasteiger partial charge in [0.15, 0.2) is 12.1 Å². The van der Waals surface area contributed by atoms with Gasteiger partial charge in [-0.2, -0.15) is 0 Å². The molecule has 65 heavy (non-hydrogen) atoms. The number of fused-ring (bicyclic) bond motifs is 2. The highest BCUT2D eigenvalue weighted by molar-refractivity contribution is 5.80. The molecule has 15 N–H and O–H groups in total. The van der Waals surface area contributed by atoms with Gasteiger partial charge in [-0.05, 0) is 26.2 Å². The van der Waals surface area contributed by atoms with Gasteiger partial charge in [0.1, 0.15) is 12.2 Å². The van der Waals surface area contributed by atoms with E-state index in [0.717, 1.165) is 0 Å². The van der Waals surface area contributed by atoms with Crippen LogP contribution >= 0.6 is 0 Å². The molecule has 0 saturated carbocycles. The monoisotopic (exact) mass is 923 g/mol. The summed E-state index contributed by atoms with van der Waals surface area (Å²) in [5, 5.41) is 110. The lowest BCUT2D eigenvalue weighted by Gasteiger charge is -2.45. The predicted molar refractivity (Wildman–Crippen MR) is 237 cm³/mol. The molecule has 19 nitrogen and oxygen atoms in total. The molecule has 0 aromatic rings. The van der Waals surface area contributed by atoms with Crippen molar-refractivity contribution in [3.05, 3.63) is 85.1 Å². The number of allylic oxidation sites excluding steroid dienone is 12. The Bertz CT molecular complexity index is 1640. The lowest BCUT2D eigenvalue weighted by molar-refractivity contribution is -0.304. The highest BCUT2D eigenvalue weighted by Gasteiger charge is 2.50. The molecule has 3 rings (SSSR count). The van der Waals surface area contributed by atoms with Gasteiger partial charge >= 0.3 is 5.97 Å². The number of hydrogen-bond acceptors (Lipinski definition) is 18. The molecule has 3 heterocycles. The summed E-state index contributed by atoms with van der Waals surface area (Å²) >= 11 is 0. The molecule has 368 valence electrons. The third-order valence-electron chi connectivity index (χ3n) is 11.3. The number of rotatable bonds is 4. The molecule has 0 spiro atoms. The highest BCUT2D eigenvalue weighted by atomic mass is 16.7. The highest BCUT2D eigenvalue weighted by Crippen LogP contribution is 2.38. The normalized spacial score (nSPS) is 43.1. The molecule has 3 aliphatic heterocycles. The van der Waals surface area contributed by atoms with E-state index in [1.54, 1.807) is 61.6 Å². The van der Waals surface area contributed by atoms with Crippen LogP contribution in [0.5, 0.6) is 0 Å². The Morgan fingerprint density at radius 2 is 1.32 bits per heavy atom. The first kappa shape index (κ1) is 55.8. The second-order valence-corrected chi connectivity index (χ2v) is 17.1. The first-order chi connectivity index (χ1) is 30.8. The second kappa shape index (κ2) is 28.6. The van der Waals surface area contributed by atoms with Crippen LogP contribution in [0.25, 0.3) is 0 Å². The van der Waals surface area contributed by atoms with Crippen molar-refractivity contribution in [1.29, 1.82) is 0 Å². The van der Waals surface area contributed by atoms with Crippen LogP contribution in [-0.4, -0.2) is 168 Å². The van der Waals surface area contributed by atoms with E-state index in [9.17, 15) is 60.7 Å². The Balaban J connectivity index is 1.87. The van der Waals surface area contributed by atoms with Crippen LogP contribution in [0.1, 0.15) is 71.6 Å². The number of nitrogens with two attached hydrogens (primary N) is 2. The number of esters is 1. The maximum atomic E-state index is 13.3. The number of carbonyl (C=O) groups excluding carboxylic acids is 2. The summed E-state index contributed by atoms with van der Waals surface area (Å²) in [6, 6.07) is -1.11. The molecule has 2 fully saturated rings. The van der Waals surface area contributed by atoms with Crippen molar-refractivity contribution in [1.82, 2.24) is 5.32 Å². The van der Waals surface area contributed by atoms with Crippen molar-refractivity contribution < 1.29 is 79.6 Å². The SMILES string of the molecule is C[C@H]1C[C@H](O)[C@@H](C)/C=C/C=C/C=C/C=C/C=C/C=C/C=C/C(O[C@@H]2OC[C@@H](O)[C@H](N)[C@@H]2O)C[C@@H]2OC(O)(CC(O)CC(O)C(O)CCC(O)CC(O)CC(=O)O1)C[C@H](O)C2C(=O)NCN. The van der Waals surface area contributed by atoms with E-state index in [1.807, 2.05) is 37.3 Å². The summed E-state index contributed by atoms with van der Waals surface area (Å²) in [6.07, 6.45) is 5.63. The molecule has 3 aliphatic rings. The number of aliphatic hydroxyl groups excluding tert-OH is 9. The fraction of sp³-hybridized carbons (Fsp3) is 0.652. The topological polar surface area (TPSA) is 337 Å². The van der Waals surface area contributed by atoms with Gasteiger partial charge < -0.3 is 86.8 Å². The first-order valence-electron chi connectivity index (χ1n) is 22.2. The summed E-state index contributed by atoms with van der Waals surface area (Å²) in [4.78, 5) is 25.8. The number of hydrogen-bond donors (Lipinski definition) is 13. The Morgan fingerprint density at radius 1 is 0.723 bits per heavy atom. The minimum absolute atomic E-state index is 0.0935. The molecule has 17 atom stereocenters. The van der Waals surface area contributed by atoms with E-state index in [2.05, 4.69) is 5.32 Å². The first-order valence-corrected chi connectivity index (χ1v) is 22.2. The largest absolute Gasteiger partial charge is 0.462 e. The number of nitrogens with one attached hydrogen (secondary N) is 1. The van der Waals surface area contributed by atoms with Crippen LogP contribution < -0.4 is 16.8 Å². The third-order valence-corrected chi connectivity index (χ3v) is 11.3. The van der Waals surface area contributed by atoms with Crippen LogP contribution in [0, 0.1) is 11.8 Å². The molecule has 8 unspecified atom stereocenters. The summed E-state index contributed by atoms with van der Waals surface area (Å²) in [6.45, 7) is 2.92. The van der Waals surface area contributed by atoms with Gasteiger partial charge in [0, 0.05) is 38.0 Å². The Kier molecular flexibility index (Phi) is 24.6.